The monoisotopic (exact) mass is 334 g/mol. The Morgan fingerprint density at radius 3 is 2.95 bits per heavy atom. The van der Waals surface area contributed by atoms with Gasteiger partial charge in [-0.15, -0.1) is 11.3 Å². The van der Waals surface area contributed by atoms with E-state index in [0.29, 0.717) is 24.2 Å². The molecule has 1 amide bonds. The molecular formula is C17H19ClN2OS. The zero-order valence-corrected chi connectivity index (χ0v) is 13.9. The number of halogens is 1. The van der Waals surface area contributed by atoms with Crippen LogP contribution in [0.4, 0.5) is 0 Å². The van der Waals surface area contributed by atoms with Crippen LogP contribution in [-0.4, -0.2) is 23.9 Å². The first-order valence-corrected chi connectivity index (χ1v) is 8.77. The molecule has 1 atom stereocenters. The zero-order valence-electron chi connectivity index (χ0n) is 12.3. The second kappa shape index (κ2) is 7.27. The third-order valence-corrected chi connectivity index (χ3v) is 5.36. The van der Waals surface area contributed by atoms with E-state index in [2.05, 4.69) is 27.7 Å². The molecule has 1 N–H and O–H groups in total. The van der Waals surface area contributed by atoms with E-state index in [1.54, 1.807) is 11.3 Å². The van der Waals surface area contributed by atoms with Crippen molar-refractivity contribution in [1.29, 1.82) is 0 Å². The van der Waals surface area contributed by atoms with Crippen LogP contribution in [0.2, 0.25) is 5.02 Å². The Bertz CT molecular complexity index is 629. The van der Waals surface area contributed by atoms with E-state index in [1.807, 2.05) is 24.3 Å². The summed E-state index contributed by atoms with van der Waals surface area (Å²) in [6.45, 7) is 1.92. The molecule has 0 saturated carbocycles. The largest absolute Gasteiger partial charge is 0.351 e. The number of hydrogen-bond acceptors (Lipinski definition) is 3. The average Bonchev–Trinajstić information content (AvgIpc) is 3.17. The van der Waals surface area contributed by atoms with Gasteiger partial charge in [-0.2, -0.15) is 0 Å². The van der Waals surface area contributed by atoms with Crippen molar-refractivity contribution in [2.24, 2.45) is 0 Å². The molecule has 5 heteroatoms. The molecule has 116 valence electrons. The van der Waals surface area contributed by atoms with Crippen molar-refractivity contribution >= 4 is 28.8 Å². The number of carbonyl (C=O) groups is 1. The van der Waals surface area contributed by atoms with E-state index < -0.39 is 0 Å². The number of nitrogens with zero attached hydrogens (tertiary/aromatic N) is 1. The summed E-state index contributed by atoms with van der Waals surface area (Å²) in [5.41, 5.74) is 0.953. The molecule has 0 unspecified atom stereocenters. The number of thiophene rings is 1. The third-order valence-electron chi connectivity index (χ3n) is 4.02. The van der Waals surface area contributed by atoms with Gasteiger partial charge in [-0.25, -0.2) is 0 Å². The average molecular weight is 335 g/mol. The summed E-state index contributed by atoms with van der Waals surface area (Å²) in [6, 6.07) is 12.2. The van der Waals surface area contributed by atoms with Crippen molar-refractivity contribution in [3.63, 3.8) is 0 Å². The number of carbonyl (C=O) groups excluding carboxylic acids is 1. The Hall–Kier alpha value is -1.36. The van der Waals surface area contributed by atoms with Crippen LogP contribution in [-0.2, 0) is 11.3 Å². The van der Waals surface area contributed by atoms with Gasteiger partial charge in [0.25, 0.3) is 0 Å². The number of amides is 1. The van der Waals surface area contributed by atoms with Gasteiger partial charge >= 0.3 is 0 Å². The Morgan fingerprint density at radius 2 is 2.18 bits per heavy atom. The molecule has 22 heavy (non-hydrogen) atoms. The van der Waals surface area contributed by atoms with E-state index in [1.165, 1.54) is 4.88 Å². The van der Waals surface area contributed by atoms with Crippen molar-refractivity contribution in [2.75, 3.05) is 13.1 Å². The van der Waals surface area contributed by atoms with Crippen LogP contribution >= 0.6 is 22.9 Å². The molecule has 1 aliphatic rings. The fourth-order valence-corrected chi connectivity index (χ4v) is 3.99. The van der Waals surface area contributed by atoms with Crippen LogP contribution in [0.5, 0.6) is 0 Å². The highest BCUT2D eigenvalue weighted by molar-refractivity contribution is 7.10. The summed E-state index contributed by atoms with van der Waals surface area (Å²) in [6.07, 6.45) is 2.29. The lowest BCUT2D eigenvalue weighted by Crippen LogP contribution is -2.36. The molecule has 2 aromatic rings. The number of benzene rings is 1. The normalized spacial score (nSPS) is 18.5. The lowest BCUT2D eigenvalue weighted by atomic mass is 10.2. The first kappa shape index (κ1) is 15.5. The van der Waals surface area contributed by atoms with Gasteiger partial charge in [-0.05, 0) is 42.5 Å². The van der Waals surface area contributed by atoms with Gasteiger partial charge in [0.2, 0.25) is 5.91 Å². The second-order valence-electron chi connectivity index (χ2n) is 5.51. The lowest BCUT2D eigenvalue weighted by Gasteiger charge is -2.22. The summed E-state index contributed by atoms with van der Waals surface area (Å²) in [7, 11) is 0. The topological polar surface area (TPSA) is 32.3 Å². The van der Waals surface area contributed by atoms with Crippen LogP contribution in [0.3, 0.4) is 0 Å². The maximum atomic E-state index is 12.2. The Labute approximate surface area is 139 Å². The van der Waals surface area contributed by atoms with Gasteiger partial charge in [0, 0.05) is 22.5 Å². The molecule has 1 aromatic carbocycles. The third kappa shape index (κ3) is 3.69. The quantitative estimate of drug-likeness (QED) is 0.900. The Balaban J connectivity index is 1.54. The van der Waals surface area contributed by atoms with E-state index in [0.717, 1.165) is 24.9 Å². The van der Waals surface area contributed by atoms with Gasteiger partial charge in [-0.3, -0.25) is 9.69 Å². The fourth-order valence-electron chi connectivity index (χ4n) is 2.89. The highest BCUT2D eigenvalue weighted by Gasteiger charge is 2.28. The van der Waals surface area contributed by atoms with Crippen molar-refractivity contribution < 1.29 is 4.79 Å². The smallest absolute Gasteiger partial charge is 0.234 e. The number of hydrogen-bond donors (Lipinski definition) is 1. The van der Waals surface area contributed by atoms with Crippen molar-refractivity contribution in [3.8, 4) is 0 Å². The molecule has 1 aromatic heterocycles. The lowest BCUT2D eigenvalue weighted by molar-refractivity contribution is -0.122. The van der Waals surface area contributed by atoms with Crippen molar-refractivity contribution in [2.45, 2.75) is 25.4 Å². The van der Waals surface area contributed by atoms with Gasteiger partial charge in [0.15, 0.2) is 0 Å². The van der Waals surface area contributed by atoms with E-state index in [-0.39, 0.29) is 5.91 Å². The Kier molecular flexibility index (Phi) is 5.13. The molecule has 2 heterocycles. The van der Waals surface area contributed by atoms with Crippen molar-refractivity contribution in [3.05, 3.63) is 57.2 Å². The second-order valence-corrected chi connectivity index (χ2v) is 6.90. The highest BCUT2D eigenvalue weighted by Crippen LogP contribution is 2.33. The summed E-state index contributed by atoms with van der Waals surface area (Å²) in [5.74, 6) is 0.0587. The fraction of sp³-hybridized carbons (Fsp3) is 0.353. The van der Waals surface area contributed by atoms with Gasteiger partial charge < -0.3 is 5.32 Å². The molecule has 1 saturated heterocycles. The van der Waals surface area contributed by atoms with Gasteiger partial charge in [0.05, 0.1) is 6.54 Å². The summed E-state index contributed by atoms with van der Waals surface area (Å²) in [4.78, 5) is 15.8. The zero-order chi connectivity index (χ0) is 15.4. The van der Waals surface area contributed by atoms with Crippen LogP contribution < -0.4 is 5.32 Å². The molecular weight excluding hydrogens is 316 g/mol. The number of rotatable bonds is 5. The molecule has 3 nitrogen and oxygen atoms in total. The predicted molar refractivity (Wildman–Crippen MR) is 91.2 cm³/mol. The maximum absolute atomic E-state index is 12.2. The number of nitrogens with one attached hydrogen (secondary N) is 1. The molecule has 1 aliphatic heterocycles. The summed E-state index contributed by atoms with van der Waals surface area (Å²) < 4.78 is 0. The summed E-state index contributed by atoms with van der Waals surface area (Å²) >= 11 is 7.88. The number of likely N-dealkylation sites (tertiary alicyclic amines) is 1. The minimum Gasteiger partial charge on any atom is -0.351 e. The first-order valence-electron chi connectivity index (χ1n) is 7.51. The molecule has 0 aliphatic carbocycles. The van der Waals surface area contributed by atoms with Crippen LogP contribution in [0, 0.1) is 0 Å². The SMILES string of the molecule is O=C(CN1CCC[C@@H]1c1cccs1)NCc1ccccc1Cl. The molecule has 3 rings (SSSR count). The van der Waals surface area contributed by atoms with E-state index in [4.69, 9.17) is 11.6 Å². The minimum absolute atomic E-state index is 0.0587. The Morgan fingerprint density at radius 1 is 1.32 bits per heavy atom. The standard InChI is InChI=1S/C17H19ClN2OS/c18-14-6-2-1-5-13(14)11-19-17(21)12-20-9-3-7-15(20)16-8-4-10-22-16/h1-2,4-6,8,10,15H,3,7,9,11-12H2,(H,19,21)/t15-/m1/s1. The van der Waals surface area contributed by atoms with E-state index in [9.17, 15) is 4.79 Å². The molecule has 0 spiro atoms. The first-order chi connectivity index (χ1) is 10.7. The van der Waals surface area contributed by atoms with Crippen LogP contribution in [0.25, 0.3) is 0 Å². The van der Waals surface area contributed by atoms with Gasteiger partial charge in [0.1, 0.15) is 0 Å². The predicted octanol–water partition coefficient (Wildman–Crippen LogP) is 3.85. The molecule has 1 fully saturated rings. The van der Waals surface area contributed by atoms with Crippen LogP contribution in [0.1, 0.15) is 29.3 Å². The van der Waals surface area contributed by atoms with Crippen LogP contribution in [0.15, 0.2) is 41.8 Å². The molecule has 0 bridgehead atoms. The maximum Gasteiger partial charge on any atom is 0.234 e. The summed E-state index contributed by atoms with van der Waals surface area (Å²) in [5, 5.41) is 5.77. The molecule has 0 radical (unpaired) electrons. The minimum atomic E-state index is 0.0587. The van der Waals surface area contributed by atoms with Gasteiger partial charge in [-0.1, -0.05) is 35.9 Å². The van der Waals surface area contributed by atoms with E-state index >= 15 is 0 Å². The van der Waals surface area contributed by atoms with Crippen molar-refractivity contribution in [1.82, 2.24) is 10.2 Å². The highest BCUT2D eigenvalue weighted by atomic mass is 35.5.